The molecule has 5 heterocycles. The van der Waals surface area contributed by atoms with Gasteiger partial charge in [-0.15, -0.1) is 0 Å². The van der Waals surface area contributed by atoms with Crippen LogP contribution in [0.5, 0.6) is 0 Å². The number of likely N-dealkylation sites (tertiary alicyclic amines) is 2. The maximum absolute atomic E-state index is 12.9. The van der Waals surface area contributed by atoms with Gasteiger partial charge in [0, 0.05) is 25.7 Å². The zero-order valence-electron chi connectivity index (χ0n) is 20.5. The van der Waals surface area contributed by atoms with Crippen LogP contribution in [0.25, 0.3) is 11.1 Å². The van der Waals surface area contributed by atoms with E-state index in [1.54, 1.807) is 0 Å². The van der Waals surface area contributed by atoms with Gasteiger partial charge < -0.3 is 24.5 Å². The quantitative estimate of drug-likeness (QED) is 0.619. The Morgan fingerprint density at radius 3 is 2.71 bits per heavy atom. The van der Waals surface area contributed by atoms with Gasteiger partial charge in [-0.2, -0.15) is 4.98 Å². The zero-order valence-corrected chi connectivity index (χ0v) is 20.5. The number of piperidine rings is 3. The number of rotatable bonds is 7. The van der Waals surface area contributed by atoms with Crippen molar-refractivity contribution in [3.05, 3.63) is 12.0 Å². The molecule has 1 unspecified atom stereocenters. The Morgan fingerprint density at radius 2 is 1.88 bits per heavy atom. The topological polar surface area (TPSA) is 90.6 Å². The van der Waals surface area contributed by atoms with Crippen LogP contribution in [0.15, 0.2) is 10.9 Å². The van der Waals surface area contributed by atoms with Gasteiger partial charge in [-0.3, -0.25) is 4.79 Å². The number of aromatic nitrogens is 3. The summed E-state index contributed by atoms with van der Waals surface area (Å²) in [4.78, 5) is 29.1. The normalized spacial score (nSPS) is 23.4. The Hall–Kier alpha value is -2.26. The minimum Gasteiger partial charge on any atom is -0.356 e. The van der Waals surface area contributed by atoms with E-state index in [4.69, 9.17) is 4.52 Å². The molecule has 186 valence electrons. The fourth-order valence-electron chi connectivity index (χ4n) is 5.98. The highest BCUT2D eigenvalue weighted by atomic mass is 16.5. The van der Waals surface area contributed by atoms with Crippen molar-refractivity contribution in [1.29, 1.82) is 0 Å². The molecule has 0 aliphatic carbocycles. The summed E-state index contributed by atoms with van der Waals surface area (Å²) >= 11 is 0. The molecule has 0 bridgehead atoms. The smallest absolute Gasteiger partial charge is 0.263 e. The Kier molecular flexibility index (Phi) is 7.59. The van der Waals surface area contributed by atoms with Crippen LogP contribution in [-0.4, -0.2) is 89.2 Å². The molecule has 3 aliphatic heterocycles. The Bertz CT molecular complexity index is 950. The van der Waals surface area contributed by atoms with Crippen molar-refractivity contribution >= 4 is 22.8 Å². The molecule has 0 aromatic carbocycles. The SMILES string of the molecule is Cc1noc2ncnc(N3CCCC(C(=O)NCCCN4CCC(N5CCCCC5)CC4)C3)c12. The summed E-state index contributed by atoms with van der Waals surface area (Å²) in [7, 11) is 0. The summed E-state index contributed by atoms with van der Waals surface area (Å²) in [5, 5.41) is 8.09. The van der Waals surface area contributed by atoms with Gasteiger partial charge in [0.15, 0.2) is 0 Å². The fraction of sp³-hybridized carbons (Fsp3) is 0.760. The number of nitrogens with zero attached hydrogens (tertiary/aromatic N) is 6. The fourth-order valence-corrected chi connectivity index (χ4v) is 5.98. The third-order valence-electron chi connectivity index (χ3n) is 7.93. The molecule has 5 rings (SSSR count). The Labute approximate surface area is 202 Å². The van der Waals surface area contributed by atoms with Crippen LogP contribution in [0.1, 0.15) is 57.1 Å². The summed E-state index contributed by atoms with van der Waals surface area (Å²) in [6.45, 7) is 10.3. The van der Waals surface area contributed by atoms with E-state index in [1.165, 1.54) is 64.6 Å². The maximum atomic E-state index is 12.9. The number of nitrogens with one attached hydrogen (secondary N) is 1. The van der Waals surface area contributed by atoms with Crippen molar-refractivity contribution in [2.24, 2.45) is 5.92 Å². The highest BCUT2D eigenvalue weighted by Crippen LogP contribution is 2.29. The van der Waals surface area contributed by atoms with Crippen LogP contribution in [-0.2, 0) is 4.79 Å². The van der Waals surface area contributed by atoms with Crippen LogP contribution in [0.3, 0.4) is 0 Å². The molecular weight excluding hydrogens is 430 g/mol. The van der Waals surface area contributed by atoms with E-state index >= 15 is 0 Å². The molecule has 1 N–H and O–H groups in total. The number of carbonyl (C=O) groups is 1. The number of carbonyl (C=O) groups excluding carboxylic acids is 1. The lowest BCUT2D eigenvalue weighted by atomic mass is 9.97. The molecular formula is C25H39N7O2. The molecule has 2 aromatic rings. The van der Waals surface area contributed by atoms with Crippen molar-refractivity contribution < 1.29 is 9.32 Å². The van der Waals surface area contributed by atoms with Crippen molar-refractivity contribution in [2.45, 2.75) is 64.3 Å². The van der Waals surface area contributed by atoms with Gasteiger partial charge in [0.05, 0.1) is 11.6 Å². The van der Waals surface area contributed by atoms with Crippen LogP contribution >= 0.6 is 0 Å². The van der Waals surface area contributed by atoms with Gasteiger partial charge in [0.2, 0.25) is 5.91 Å². The van der Waals surface area contributed by atoms with Gasteiger partial charge in [-0.25, -0.2) is 4.98 Å². The average molecular weight is 470 g/mol. The summed E-state index contributed by atoms with van der Waals surface area (Å²) in [6, 6.07) is 0.795. The average Bonchev–Trinajstić information content (AvgIpc) is 3.28. The molecule has 0 spiro atoms. The van der Waals surface area contributed by atoms with Gasteiger partial charge in [-0.05, 0) is 84.6 Å². The minimum absolute atomic E-state index is 0.0146. The lowest BCUT2D eigenvalue weighted by Crippen LogP contribution is -2.47. The van der Waals surface area contributed by atoms with E-state index in [1.807, 2.05) is 6.92 Å². The predicted molar refractivity (Wildman–Crippen MR) is 132 cm³/mol. The molecule has 9 heteroatoms. The van der Waals surface area contributed by atoms with Crippen molar-refractivity contribution in [3.8, 4) is 0 Å². The number of fused-ring (bicyclic) bond motifs is 1. The predicted octanol–water partition coefficient (Wildman–Crippen LogP) is 2.60. The van der Waals surface area contributed by atoms with Gasteiger partial charge in [0.25, 0.3) is 5.71 Å². The first-order chi connectivity index (χ1) is 16.7. The summed E-state index contributed by atoms with van der Waals surface area (Å²) in [5.74, 6) is 0.981. The van der Waals surface area contributed by atoms with Crippen molar-refractivity contribution in [1.82, 2.24) is 30.2 Å². The molecule has 9 nitrogen and oxygen atoms in total. The number of hydrogen-bond acceptors (Lipinski definition) is 8. The van der Waals surface area contributed by atoms with Crippen molar-refractivity contribution in [2.75, 3.05) is 57.3 Å². The van der Waals surface area contributed by atoms with Gasteiger partial charge >= 0.3 is 0 Å². The number of aryl methyl sites for hydroxylation is 1. The van der Waals surface area contributed by atoms with E-state index in [-0.39, 0.29) is 11.8 Å². The molecule has 2 aromatic heterocycles. The van der Waals surface area contributed by atoms with Gasteiger partial charge in [0.1, 0.15) is 17.5 Å². The molecule has 3 saturated heterocycles. The summed E-state index contributed by atoms with van der Waals surface area (Å²) in [5.41, 5.74) is 1.30. The van der Waals surface area contributed by atoms with Crippen LogP contribution in [0.4, 0.5) is 5.82 Å². The Morgan fingerprint density at radius 1 is 1.06 bits per heavy atom. The summed E-state index contributed by atoms with van der Waals surface area (Å²) < 4.78 is 5.29. The lowest BCUT2D eigenvalue weighted by Gasteiger charge is -2.40. The largest absolute Gasteiger partial charge is 0.356 e. The van der Waals surface area contributed by atoms with Crippen molar-refractivity contribution in [3.63, 3.8) is 0 Å². The highest BCUT2D eigenvalue weighted by Gasteiger charge is 2.29. The monoisotopic (exact) mass is 469 g/mol. The first kappa shape index (κ1) is 23.5. The van der Waals surface area contributed by atoms with Crippen LogP contribution < -0.4 is 10.2 Å². The second-order valence-corrected chi connectivity index (χ2v) is 10.2. The maximum Gasteiger partial charge on any atom is 0.263 e. The van der Waals surface area contributed by atoms with Crippen LogP contribution in [0, 0.1) is 12.8 Å². The molecule has 0 saturated carbocycles. The van der Waals surface area contributed by atoms with E-state index < -0.39 is 0 Å². The standard InChI is InChI=1S/C25H39N7O2/c1-19-22-23(27-18-28-25(22)34-29-19)32-14-5-7-20(17-32)24(33)26-10-6-11-30-15-8-21(9-16-30)31-12-3-2-4-13-31/h18,20-21H,2-17H2,1H3,(H,26,33). The van der Waals surface area contributed by atoms with E-state index in [9.17, 15) is 4.79 Å². The first-order valence-corrected chi connectivity index (χ1v) is 13.2. The highest BCUT2D eigenvalue weighted by molar-refractivity contribution is 5.88. The zero-order chi connectivity index (χ0) is 23.3. The molecule has 1 atom stereocenters. The molecule has 0 radical (unpaired) electrons. The molecule has 1 amide bonds. The second-order valence-electron chi connectivity index (χ2n) is 10.2. The minimum atomic E-state index is -0.0146. The lowest BCUT2D eigenvalue weighted by molar-refractivity contribution is -0.125. The number of anilines is 1. The van der Waals surface area contributed by atoms with E-state index in [0.29, 0.717) is 12.3 Å². The summed E-state index contributed by atoms with van der Waals surface area (Å²) in [6.07, 6.45) is 11.2. The van der Waals surface area contributed by atoms with E-state index in [2.05, 4.69) is 35.1 Å². The second kappa shape index (κ2) is 11.0. The third kappa shape index (κ3) is 5.35. The van der Waals surface area contributed by atoms with Crippen LogP contribution in [0.2, 0.25) is 0 Å². The Balaban J connectivity index is 1.04. The number of amides is 1. The van der Waals surface area contributed by atoms with E-state index in [0.717, 1.165) is 61.8 Å². The molecule has 3 aliphatic rings. The molecule has 3 fully saturated rings. The first-order valence-electron chi connectivity index (χ1n) is 13.2. The third-order valence-corrected chi connectivity index (χ3v) is 7.93. The molecule has 34 heavy (non-hydrogen) atoms. The van der Waals surface area contributed by atoms with Gasteiger partial charge in [-0.1, -0.05) is 11.6 Å². The number of hydrogen-bond donors (Lipinski definition) is 1.